The Labute approximate surface area is 160 Å². The molecule has 1 saturated carbocycles. The zero-order valence-electron chi connectivity index (χ0n) is 15.6. The van der Waals surface area contributed by atoms with E-state index in [1.54, 1.807) is 11.1 Å². The zero-order valence-corrected chi connectivity index (χ0v) is 15.6. The molecule has 1 atom stereocenters. The van der Waals surface area contributed by atoms with Gasteiger partial charge in [-0.1, -0.05) is 6.07 Å². The van der Waals surface area contributed by atoms with Gasteiger partial charge in [-0.25, -0.2) is 0 Å². The van der Waals surface area contributed by atoms with Gasteiger partial charge in [-0.2, -0.15) is 5.26 Å². The van der Waals surface area contributed by atoms with E-state index in [1.807, 2.05) is 18.2 Å². The summed E-state index contributed by atoms with van der Waals surface area (Å²) in [6.45, 7) is 1.42. The number of carbonyl (C=O) groups excluding carboxylic acids is 2. The molecule has 2 heterocycles. The highest BCUT2D eigenvalue weighted by atomic mass is 16.2. The van der Waals surface area contributed by atoms with Crippen molar-refractivity contribution in [2.24, 2.45) is 5.92 Å². The Bertz CT molecular complexity index is 679. The molecule has 2 N–H and O–H groups in total. The molecular formula is C20H27N5O2. The maximum Gasteiger partial charge on any atom is 0.237 e. The second kappa shape index (κ2) is 9.47. The van der Waals surface area contributed by atoms with Crippen LogP contribution >= 0.6 is 0 Å². The van der Waals surface area contributed by atoms with E-state index < -0.39 is 0 Å². The molecular weight excluding hydrogens is 342 g/mol. The number of likely N-dealkylation sites (tertiary alicyclic amines) is 1. The van der Waals surface area contributed by atoms with Crippen LogP contribution in [0.5, 0.6) is 0 Å². The lowest BCUT2D eigenvalue weighted by Gasteiger charge is -2.29. The topological polar surface area (TPSA) is 98.1 Å². The van der Waals surface area contributed by atoms with Crippen molar-refractivity contribution in [1.29, 1.82) is 5.26 Å². The van der Waals surface area contributed by atoms with Crippen LogP contribution < -0.4 is 10.6 Å². The third kappa shape index (κ3) is 5.27. The number of nitrogens with one attached hydrogen (secondary N) is 2. The molecule has 0 bridgehead atoms. The Kier molecular flexibility index (Phi) is 6.77. The molecule has 1 aromatic heterocycles. The molecule has 1 aliphatic heterocycles. The summed E-state index contributed by atoms with van der Waals surface area (Å²) in [5.74, 6) is 0.127. The van der Waals surface area contributed by atoms with Gasteiger partial charge >= 0.3 is 0 Å². The maximum atomic E-state index is 12.3. The molecule has 0 aromatic carbocycles. The van der Waals surface area contributed by atoms with Gasteiger partial charge in [-0.05, 0) is 50.7 Å². The van der Waals surface area contributed by atoms with Gasteiger partial charge in [0.05, 0.1) is 24.9 Å². The van der Waals surface area contributed by atoms with Crippen molar-refractivity contribution < 1.29 is 9.59 Å². The first kappa shape index (κ1) is 19.3. The smallest absolute Gasteiger partial charge is 0.237 e. The van der Waals surface area contributed by atoms with Crippen LogP contribution in [0.2, 0.25) is 0 Å². The number of hydrogen-bond acceptors (Lipinski definition) is 5. The van der Waals surface area contributed by atoms with Crippen LogP contribution in [0.25, 0.3) is 0 Å². The lowest BCUT2D eigenvalue weighted by Crippen LogP contribution is -2.45. The Hall–Kier alpha value is -2.46. The summed E-state index contributed by atoms with van der Waals surface area (Å²) in [5, 5.41) is 15.4. The molecule has 3 rings (SSSR count). The molecule has 1 aliphatic carbocycles. The lowest BCUT2D eigenvalue weighted by atomic mass is 9.85. The number of nitrogens with zero attached hydrogens (tertiary/aromatic N) is 3. The highest BCUT2D eigenvalue weighted by Crippen LogP contribution is 2.24. The molecule has 2 amide bonds. The minimum atomic E-state index is -0.266. The summed E-state index contributed by atoms with van der Waals surface area (Å²) in [4.78, 5) is 30.5. The molecule has 0 radical (unpaired) electrons. The summed E-state index contributed by atoms with van der Waals surface area (Å²) in [6, 6.07) is 7.86. The predicted octanol–water partition coefficient (Wildman–Crippen LogP) is 1.36. The fraction of sp³-hybridized carbons (Fsp3) is 0.600. The summed E-state index contributed by atoms with van der Waals surface area (Å²) in [7, 11) is 0. The van der Waals surface area contributed by atoms with Gasteiger partial charge in [0.2, 0.25) is 11.8 Å². The highest BCUT2D eigenvalue weighted by molar-refractivity contribution is 5.79. The normalized spacial score (nSPS) is 25.0. The van der Waals surface area contributed by atoms with Gasteiger partial charge in [-0.3, -0.25) is 14.6 Å². The number of hydrogen-bond donors (Lipinski definition) is 2. The first-order chi connectivity index (χ1) is 13.2. The molecule has 144 valence electrons. The minimum Gasteiger partial charge on any atom is -0.350 e. The number of nitriles is 1. The van der Waals surface area contributed by atoms with Crippen LogP contribution in [0.1, 0.15) is 44.2 Å². The minimum absolute atomic E-state index is 0.00859. The Balaban J connectivity index is 1.35. The number of carbonyl (C=O) groups is 2. The van der Waals surface area contributed by atoms with E-state index in [0.717, 1.165) is 44.2 Å². The summed E-state index contributed by atoms with van der Waals surface area (Å²) in [6.07, 6.45) is 6.83. The maximum absolute atomic E-state index is 12.3. The summed E-state index contributed by atoms with van der Waals surface area (Å²) in [5.41, 5.74) is 0.859. The van der Waals surface area contributed by atoms with Crippen LogP contribution in [0, 0.1) is 17.2 Å². The molecule has 0 spiro atoms. The van der Waals surface area contributed by atoms with Gasteiger partial charge in [0.1, 0.15) is 6.04 Å². The monoisotopic (exact) mass is 369 g/mol. The third-order valence-electron chi connectivity index (χ3n) is 5.53. The number of amides is 2. The van der Waals surface area contributed by atoms with Crippen LogP contribution in [-0.2, 0) is 16.1 Å². The lowest BCUT2D eigenvalue weighted by molar-refractivity contribution is -0.130. The molecule has 7 nitrogen and oxygen atoms in total. The number of rotatable bonds is 6. The number of aromatic nitrogens is 1. The number of pyridine rings is 1. The van der Waals surface area contributed by atoms with Crippen LogP contribution in [0.15, 0.2) is 24.4 Å². The molecule has 1 saturated heterocycles. The fourth-order valence-electron chi connectivity index (χ4n) is 3.92. The Morgan fingerprint density at radius 1 is 1.22 bits per heavy atom. The summed E-state index contributed by atoms with van der Waals surface area (Å²) >= 11 is 0. The second-order valence-electron chi connectivity index (χ2n) is 7.34. The molecule has 1 aromatic rings. The molecule has 27 heavy (non-hydrogen) atoms. The Morgan fingerprint density at radius 3 is 2.74 bits per heavy atom. The van der Waals surface area contributed by atoms with E-state index in [0.29, 0.717) is 13.1 Å². The van der Waals surface area contributed by atoms with E-state index in [4.69, 9.17) is 5.26 Å². The SMILES string of the molecule is N#C[C@@H]1CCCN1C(=O)CNC1CCC(C(=O)NCc2ccccn2)CC1. The van der Waals surface area contributed by atoms with Gasteiger partial charge in [-0.15, -0.1) is 0 Å². The first-order valence-electron chi connectivity index (χ1n) is 9.77. The van der Waals surface area contributed by atoms with E-state index in [9.17, 15) is 9.59 Å². The van der Waals surface area contributed by atoms with Crippen LogP contribution in [0.4, 0.5) is 0 Å². The van der Waals surface area contributed by atoms with Crippen molar-refractivity contribution in [3.63, 3.8) is 0 Å². The predicted molar refractivity (Wildman–Crippen MR) is 100 cm³/mol. The molecule has 2 fully saturated rings. The summed E-state index contributed by atoms with van der Waals surface area (Å²) < 4.78 is 0. The Morgan fingerprint density at radius 2 is 2.04 bits per heavy atom. The van der Waals surface area contributed by atoms with Crippen molar-refractivity contribution >= 4 is 11.8 Å². The fourth-order valence-corrected chi connectivity index (χ4v) is 3.92. The van der Waals surface area contributed by atoms with Crippen molar-refractivity contribution in [1.82, 2.24) is 20.5 Å². The molecule has 7 heteroatoms. The van der Waals surface area contributed by atoms with Crippen LogP contribution in [0.3, 0.4) is 0 Å². The molecule has 0 unspecified atom stereocenters. The van der Waals surface area contributed by atoms with Gasteiger partial charge < -0.3 is 15.5 Å². The zero-order chi connectivity index (χ0) is 19.1. The largest absolute Gasteiger partial charge is 0.350 e. The average Bonchev–Trinajstić information content (AvgIpc) is 3.20. The van der Waals surface area contributed by atoms with E-state index >= 15 is 0 Å². The van der Waals surface area contributed by atoms with E-state index in [-0.39, 0.29) is 36.4 Å². The van der Waals surface area contributed by atoms with Gasteiger partial charge in [0.15, 0.2) is 0 Å². The van der Waals surface area contributed by atoms with E-state index in [2.05, 4.69) is 21.7 Å². The molecule has 2 aliphatic rings. The van der Waals surface area contributed by atoms with Crippen molar-refractivity contribution in [2.75, 3.05) is 13.1 Å². The van der Waals surface area contributed by atoms with E-state index in [1.165, 1.54) is 0 Å². The standard InChI is InChI=1S/C20H27N5O2/c21-12-18-5-3-11-25(18)19(26)14-23-16-8-6-15(7-9-16)20(27)24-13-17-4-1-2-10-22-17/h1-2,4,10,15-16,18,23H,3,5-9,11,13-14H2,(H,24,27)/t15?,16?,18-/m0/s1. The van der Waals surface area contributed by atoms with Crippen molar-refractivity contribution in [3.05, 3.63) is 30.1 Å². The first-order valence-corrected chi connectivity index (χ1v) is 9.77. The third-order valence-corrected chi connectivity index (χ3v) is 5.53. The highest BCUT2D eigenvalue weighted by Gasteiger charge is 2.30. The van der Waals surface area contributed by atoms with Crippen LogP contribution in [-0.4, -0.2) is 46.9 Å². The van der Waals surface area contributed by atoms with Crippen molar-refractivity contribution in [2.45, 2.75) is 57.2 Å². The second-order valence-corrected chi connectivity index (χ2v) is 7.34. The van der Waals surface area contributed by atoms with Gasteiger partial charge in [0.25, 0.3) is 0 Å². The van der Waals surface area contributed by atoms with Crippen molar-refractivity contribution in [3.8, 4) is 6.07 Å². The average molecular weight is 369 g/mol. The quantitative estimate of drug-likeness (QED) is 0.789. The van der Waals surface area contributed by atoms with Gasteiger partial charge in [0, 0.05) is 24.7 Å².